The van der Waals surface area contributed by atoms with Crippen molar-refractivity contribution in [3.63, 3.8) is 0 Å². The van der Waals surface area contributed by atoms with E-state index in [2.05, 4.69) is 15.2 Å². The summed E-state index contributed by atoms with van der Waals surface area (Å²) < 4.78 is 45.1. The van der Waals surface area contributed by atoms with Gasteiger partial charge in [-0.1, -0.05) is 30.3 Å². The largest absolute Gasteiger partial charge is 0.490 e. The van der Waals surface area contributed by atoms with E-state index in [1.165, 1.54) is 12.1 Å². The summed E-state index contributed by atoms with van der Waals surface area (Å²) >= 11 is 0. The number of nitrogens with one attached hydrogen (secondary N) is 2. The zero-order chi connectivity index (χ0) is 28.2. The number of para-hydroxylation sites is 1. The standard InChI is InChI=1S/C26H28FN3O2.C2HF3O2/c27-20-9-7-18(8-10-20)21-17-28-25(32)26(21)11-14-30(15-12-26)13-3-6-24(31)23-16-19-4-1-2-5-22(19)29-23;3-2(4,5)1(6)7/h1-2,4-5,7-10,16,21,29H,3,6,11-15,17H2,(H,28,32);(H,6,7)/t21-;/m0./s1. The fourth-order valence-corrected chi connectivity index (χ4v) is 5.43. The molecule has 2 fully saturated rings. The molecule has 1 amide bonds. The highest BCUT2D eigenvalue weighted by Gasteiger charge is 2.51. The number of hydrogen-bond donors (Lipinski definition) is 3. The molecule has 11 heteroatoms. The van der Waals surface area contributed by atoms with Crippen LogP contribution < -0.4 is 5.32 Å². The van der Waals surface area contributed by atoms with E-state index < -0.39 is 17.6 Å². The quantitative estimate of drug-likeness (QED) is 0.301. The maximum atomic E-state index is 13.4. The summed E-state index contributed by atoms with van der Waals surface area (Å²) in [5, 5.41) is 11.2. The second-order valence-electron chi connectivity index (χ2n) is 9.91. The van der Waals surface area contributed by atoms with E-state index in [1.807, 2.05) is 42.5 Å². The molecule has 0 radical (unpaired) electrons. The van der Waals surface area contributed by atoms with Crippen LogP contribution in [0.4, 0.5) is 17.6 Å². The Morgan fingerprint density at radius 2 is 1.69 bits per heavy atom. The summed E-state index contributed by atoms with van der Waals surface area (Å²) in [5.74, 6) is -2.66. The molecule has 5 rings (SSSR count). The first-order valence-electron chi connectivity index (χ1n) is 12.7. The van der Waals surface area contributed by atoms with Gasteiger partial charge in [-0.15, -0.1) is 0 Å². The van der Waals surface area contributed by atoms with E-state index in [0.29, 0.717) is 18.7 Å². The lowest BCUT2D eigenvalue weighted by atomic mass is 9.68. The molecule has 1 spiro atoms. The maximum Gasteiger partial charge on any atom is 0.490 e. The topological polar surface area (TPSA) is 103 Å². The summed E-state index contributed by atoms with van der Waals surface area (Å²) in [5.41, 5.74) is 2.28. The molecule has 2 saturated heterocycles. The smallest absolute Gasteiger partial charge is 0.475 e. The Balaban J connectivity index is 0.000000448. The van der Waals surface area contributed by atoms with Crippen LogP contribution in [-0.2, 0) is 9.59 Å². The van der Waals surface area contributed by atoms with Crippen LogP contribution in [0.2, 0.25) is 0 Å². The molecule has 0 saturated carbocycles. The van der Waals surface area contributed by atoms with Gasteiger partial charge in [-0.3, -0.25) is 9.59 Å². The molecule has 2 aromatic carbocycles. The number of piperidine rings is 1. The zero-order valence-electron chi connectivity index (χ0n) is 21.1. The van der Waals surface area contributed by atoms with Crippen LogP contribution in [0.25, 0.3) is 10.9 Å². The monoisotopic (exact) mass is 547 g/mol. The summed E-state index contributed by atoms with van der Waals surface area (Å²) in [6.45, 7) is 3.14. The van der Waals surface area contributed by atoms with Crippen molar-refractivity contribution >= 4 is 28.6 Å². The molecule has 2 aliphatic rings. The Labute approximate surface area is 222 Å². The van der Waals surface area contributed by atoms with Crippen molar-refractivity contribution in [3.05, 3.63) is 71.7 Å². The van der Waals surface area contributed by atoms with Gasteiger partial charge in [-0.05, 0) is 68.7 Å². The first-order valence-corrected chi connectivity index (χ1v) is 12.7. The van der Waals surface area contributed by atoms with Crippen molar-refractivity contribution in [2.24, 2.45) is 5.41 Å². The van der Waals surface area contributed by atoms with Gasteiger partial charge >= 0.3 is 12.1 Å². The summed E-state index contributed by atoms with van der Waals surface area (Å²) in [7, 11) is 0. The molecule has 2 aliphatic heterocycles. The molecule has 0 unspecified atom stereocenters. The van der Waals surface area contributed by atoms with E-state index in [1.54, 1.807) is 0 Å². The lowest BCUT2D eigenvalue weighted by Gasteiger charge is -2.41. The first kappa shape index (κ1) is 28.3. The summed E-state index contributed by atoms with van der Waals surface area (Å²) in [4.78, 5) is 39.9. The predicted molar refractivity (Wildman–Crippen MR) is 136 cm³/mol. The number of carboxylic acids is 1. The van der Waals surface area contributed by atoms with Gasteiger partial charge in [0.25, 0.3) is 0 Å². The molecular weight excluding hydrogens is 518 g/mol. The fraction of sp³-hybridized carbons (Fsp3) is 0.393. The van der Waals surface area contributed by atoms with Crippen molar-refractivity contribution in [3.8, 4) is 0 Å². The highest BCUT2D eigenvalue weighted by molar-refractivity contribution is 5.99. The minimum Gasteiger partial charge on any atom is -0.475 e. The minimum atomic E-state index is -5.08. The molecule has 0 bridgehead atoms. The average molecular weight is 548 g/mol. The highest BCUT2D eigenvalue weighted by Crippen LogP contribution is 2.47. The predicted octanol–water partition coefficient (Wildman–Crippen LogP) is 4.90. The molecule has 1 aromatic heterocycles. The Morgan fingerprint density at radius 1 is 1.05 bits per heavy atom. The van der Waals surface area contributed by atoms with Gasteiger partial charge in [-0.2, -0.15) is 13.2 Å². The molecule has 39 heavy (non-hydrogen) atoms. The lowest BCUT2D eigenvalue weighted by molar-refractivity contribution is -0.192. The van der Waals surface area contributed by atoms with Crippen LogP contribution in [0.3, 0.4) is 0 Å². The Bertz CT molecular complexity index is 1300. The van der Waals surface area contributed by atoms with E-state index in [0.717, 1.165) is 55.4 Å². The van der Waals surface area contributed by atoms with E-state index in [-0.39, 0.29) is 23.4 Å². The third kappa shape index (κ3) is 6.47. The van der Waals surface area contributed by atoms with E-state index >= 15 is 0 Å². The number of halogens is 4. The molecule has 3 aromatic rings. The summed E-state index contributed by atoms with van der Waals surface area (Å²) in [6.07, 6.45) is -2.20. The Kier molecular flexibility index (Phi) is 8.39. The maximum absolute atomic E-state index is 13.4. The first-order chi connectivity index (χ1) is 18.5. The number of Topliss-reactive ketones (excluding diaryl/α,β-unsaturated/α-hetero) is 1. The van der Waals surface area contributed by atoms with Crippen LogP contribution in [-0.4, -0.2) is 65.0 Å². The van der Waals surface area contributed by atoms with Gasteiger partial charge in [0.1, 0.15) is 5.82 Å². The Hall–Kier alpha value is -3.73. The Morgan fingerprint density at radius 3 is 2.31 bits per heavy atom. The van der Waals surface area contributed by atoms with Gasteiger partial charge in [0.05, 0.1) is 11.1 Å². The number of benzene rings is 2. The number of ketones is 1. The molecule has 0 aliphatic carbocycles. The molecule has 208 valence electrons. The molecule has 7 nitrogen and oxygen atoms in total. The number of hydrogen-bond acceptors (Lipinski definition) is 4. The fourth-order valence-electron chi connectivity index (χ4n) is 5.43. The number of carbonyl (C=O) groups excluding carboxylic acids is 2. The third-order valence-corrected chi connectivity index (χ3v) is 7.56. The molecular formula is C28H29F4N3O4. The van der Waals surface area contributed by atoms with Crippen LogP contribution in [0, 0.1) is 11.2 Å². The van der Waals surface area contributed by atoms with Crippen molar-refractivity contribution in [2.45, 2.75) is 37.8 Å². The number of aromatic amines is 1. The third-order valence-electron chi connectivity index (χ3n) is 7.56. The number of carboxylic acid groups (broad SMARTS) is 1. The van der Waals surface area contributed by atoms with Gasteiger partial charge in [0.2, 0.25) is 5.91 Å². The summed E-state index contributed by atoms with van der Waals surface area (Å²) in [6, 6.07) is 16.4. The van der Waals surface area contributed by atoms with Crippen LogP contribution in [0.15, 0.2) is 54.6 Å². The van der Waals surface area contributed by atoms with Gasteiger partial charge in [-0.25, -0.2) is 9.18 Å². The molecule has 1 atom stereocenters. The SMILES string of the molecule is O=C(CCCN1CCC2(CC1)C(=O)NC[C@H]2c1ccc(F)cc1)c1cc2ccccc2[nH]1.O=C(O)C(F)(F)F. The number of likely N-dealkylation sites (tertiary alicyclic amines) is 1. The van der Waals surface area contributed by atoms with Crippen LogP contribution in [0.1, 0.15) is 47.7 Å². The van der Waals surface area contributed by atoms with Crippen molar-refractivity contribution in [1.29, 1.82) is 0 Å². The zero-order valence-corrected chi connectivity index (χ0v) is 21.1. The van der Waals surface area contributed by atoms with Crippen LogP contribution in [0.5, 0.6) is 0 Å². The average Bonchev–Trinajstić information content (AvgIpc) is 3.47. The number of aliphatic carboxylic acids is 1. The van der Waals surface area contributed by atoms with Gasteiger partial charge in [0.15, 0.2) is 5.78 Å². The van der Waals surface area contributed by atoms with E-state index in [9.17, 15) is 27.2 Å². The second-order valence-corrected chi connectivity index (χ2v) is 9.91. The van der Waals surface area contributed by atoms with E-state index in [4.69, 9.17) is 9.90 Å². The van der Waals surface area contributed by atoms with Crippen LogP contribution >= 0.6 is 0 Å². The van der Waals surface area contributed by atoms with Gasteiger partial charge < -0.3 is 20.3 Å². The lowest BCUT2D eigenvalue weighted by Crippen LogP contribution is -2.46. The molecule has 3 heterocycles. The number of amides is 1. The number of aromatic nitrogens is 1. The number of rotatable bonds is 6. The van der Waals surface area contributed by atoms with Crippen molar-refractivity contribution in [1.82, 2.24) is 15.2 Å². The number of H-pyrrole nitrogens is 1. The highest BCUT2D eigenvalue weighted by atomic mass is 19.4. The normalized spacial score (nSPS) is 19.0. The minimum absolute atomic E-state index is 0.0846. The van der Waals surface area contributed by atoms with Crippen molar-refractivity contribution < 1.29 is 37.1 Å². The number of carbonyl (C=O) groups is 3. The molecule has 3 N–H and O–H groups in total. The van der Waals surface area contributed by atoms with Gasteiger partial charge in [0, 0.05) is 29.8 Å². The van der Waals surface area contributed by atoms with Crippen molar-refractivity contribution in [2.75, 3.05) is 26.2 Å². The second kappa shape index (κ2) is 11.6. The number of nitrogens with zero attached hydrogens (tertiary/aromatic N) is 1. The number of alkyl halides is 3. The number of fused-ring (bicyclic) bond motifs is 1.